The van der Waals surface area contributed by atoms with Gasteiger partial charge in [0, 0.05) is 17.5 Å². The summed E-state index contributed by atoms with van der Waals surface area (Å²) < 4.78 is 27.4. The van der Waals surface area contributed by atoms with Gasteiger partial charge in [-0.05, 0) is 44.9 Å². The van der Waals surface area contributed by atoms with Crippen LogP contribution in [0.3, 0.4) is 0 Å². The molecule has 4 nitrogen and oxygen atoms in total. The van der Waals surface area contributed by atoms with Gasteiger partial charge in [-0.1, -0.05) is 6.42 Å². The van der Waals surface area contributed by atoms with Crippen LogP contribution in [0.2, 0.25) is 0 Å². The maximum Gasteiger partial charge on any atom is 0.250 e. The van der Waals surface area contributed by atoms with Crippen molar-refractivity contribution in [1.29, 1.82) is 0 Å². The van der Waals surface area contributed by atoms with E-state index < -0.39 is 10.0 Å². The molecule has 1 aliphatic rings. The van der Waals surface area contributed by atoms with Crippen LogP contribution in [0.25, 0.3) is 0 Å². The van der Waals surface area contributed by atoms with Gasteiger partial charge < -0.3 is 5.32 Å². The Labute approximate surface area is 113 Å². The van der Waals surface area contributed by atoms with E-state index in [1.165, 1.54) is 24.2 Å². The second-order valence-electron chi connectivity index (χ2n) is 4.80. The Kier molecular flexibility index (Phi) is 4.42. The molecular formula is C12H20N2O2S2. The summed E-state index contributed by atoms with van der Waals surface area (Å²) >= 11 is 1.34. The lowest BCUT2D eigenvalue weighted by Crippen LogP contribution is -2.43. The normalized spacial score (nSPS) is 21.1. The molecular weight excluding hydrogens is 268 g/mol. The van der Waals surface area contributed by atoms with E-state index in [0.29, 0.717) is 10.8 Å². The molecule has 1 unspecified atom stereocenters. The van der Waals surface area contributed by atoms with Gasteiger partial charge in [-0.3, -0.25) is 0 Å². The van der Waals surface area contributed by atoms with Gasteiger partial charge in [0.25, 0.3) is 0 Å². The molecule has 102 valence electrons. The Morgan fingerprint density at radius 3 is 2.78 bits per heavy atom. The summed E-state index contributed by atoms with van der Waals surface area (Å²) in [5.74, 6) is 0. The third-order valence-corrected chi connectivity index (χ3v) is 6.39. The molecule has 1 aliphatic heterocycles. The number of thiophene rings is 1. The molecule has 1 atom stereocenters. The highest BCUT2D eigenvalue weighted by molar-refractivity contribution is 7.91. The molecule has 0 saturated carbocycles. The predicted molar refractivity (Wildman–Crippen MR) is 74.6 cm³/mol. The fraction of sp³-hybridized carbons (Fsp3) is 0.667. The first-order chi connectivity index (χ1) is 8.49. The standard InChI is InChI=1S/C12H20N2O2S2/c1-9-7-12(17-10(9)2)18(15,16)14-8-11-5-3-4-6-13-11/h7,11,13-14H,3-6,8H2,1-2H3. The molecule has 6 heteroatoms. The van der Waals surface area contributed by atoms with Gasteiger partial charge in [-0.25, -0.2) is 13.1 Å². The molecule has 0 spiro atoms. The SMILES string of the molecule is Cc1cc(S(=O)(=O)NCC2CCCCN2)sc1C. The molecule has 18 heavy (non-hydrogen) atoms. The highest BCUT2D eigenvalue weighted by Crippen LogP contribution is 2.24. The molecule has 1 aromatic rings. The van der Waals surface area contributed by atoms with Crippen molar-refractivity contribution in [2.24, 2.45) is 0 Å². The summed E-state index contributed by atoms with van der Waals surface area (Å²) in [5, 5.41) is 3.34. The van der Waals surface area contributed by atoms with Crippen LogP contribution in [0, 0.1) is 13.8 Å². The minimum absolute atomic E-state index is 0.274. The first kappa shape index (κ1) is 14.0. The Morgan fingerprint density at radius 1 is 1.44 bits per heavy atom. The molecule has 1 aromatic heterocycles. The molecule has 0 aromatic carbocycles. The van der Waals surface area contributed by atoms with E-state index >= 15 is 0 Å². The van der Waals surface area contributed by atoms with Gasteiger partial charge in [0.15, 0.2) is 0 Å². The summed E-state index contributed by atoms with van der Waals surface area (Å²) in [6.45, 7) is 5.36. The van der Waals surface area contributed by atoms with Gasteiger partial charge in [0.1, 0.15) is 4.21 Å². The Bertz CT molecular complexity index is 483. The second-order valence-corrected chi connectivity index (χ2v) is 8.05. The van der Waals surface area contributed by atoms with Gasteiger partial charge >= 0.3 is 0 Å². The molecule has 1 saturated heterocycles. The number of aryl methyl sites for hydroxylation is 2. The number of nitrogens with one attached hydrogen (secondary N) is 2. The minimum atomic E-state index is -3.33. The van der Waals surface area contributed by atoms with Crippen molar-refractivity contribution < 1.29 is 8.42 Å². The number of piperidine rings is 1. The summed E-state index contributed by atoms with van der Waals surface area (Å²) in [7, 11) is -3.33. The topological polar surface area (TPSA) is 58.2 Å². The van der Waals surface area contributed by atoms with E-state index in [9.17, 15) is 8.42 Å². The van der Waals surface area contributed by atoms with E-state index in [2.05, 4.69) is 10.0 Å². The van der Waals surface area contributed by atoms with Crippen LogP contribution in [0.4, 0.5) is 0 Å². The zero-order valence-electron chi connectivity index (χ0n) is 10.8. The van der Waals surface area contributed by atoms with E-state index in [0.717, 1.165) is 23.4 Å². The van der Waals surface area contributed by atoms with Gasteiger partial charge in [0.2, 0.25) is 10.0 Å². The summed E-state index contributed by atoms with van der Waals surface area (Å²) in [6, 6.07) is 2.02. The highest BCUT2D eigenvalue weighted by atomic mass is 32.2. The average Bonchev–Trinajstić information content (AvgIpc) is 2.70. The van der Waals surface area contributed by atoms with Gasteiger partial charge in [-0.2, -0.15) is 0 Å². The highest BCUT2D eigenvalue weighted by Gasteiger charge is 2.20. The summed E-state index contributed by atoms with van der Waals surface area (Å²) in [5.41, 5.74) is 1.04. The average molecular weight is 288 g/mol. The lowest BCUT2D eigenvalue weighted by Gasteiger charge is -2.23. The fourth-order valence-electron chi connectivity index (χ4n) is 2.05. The maximum absolute atomic E-state index is 12.1. The Hall–Kier alpha value is -0.430. The quantitative estimate of drug-likeness (QED) is 0.888. The number of hydrogen-bond acceptors (Lipinski definition) is 4. The molecule has 2 rings (SSSR count). The van der Waals surface area contributed by atoms with E-state index in [4.69, 9.17) is 0 Å². The first-order valence-electron chi connectivity index (χ1n) is 6.29. The van der Waals surface area contributed by atoms with Crippen LogP contribution < -0.4 is 10.0 Å². The van der Waals surface area contributed by atoms with Crippen molar-refractivity contribution in [2.45, 2.75) is 43.4 Å². The molecule has 0 bridgehead atoms. The van der Waals surface area contributed by atoms with Crippen molar-refractivity contribution in [1.82, 2.24) is 10.0 Å². The van der Waals surface area contributed by atoms with Crippen molar-refractivity contribution >= 4 is 21.4 Å². The van der Waals surface area contributed by atoms with Crippen LogP contribution in [0.1, 0.15) is 29.7 Å². The Morgan fingerprint density at radius 2 is 2.22 bits per heavy atom. The zero-order chi connectivity index (χ0) is 13.2. The van der Waals surface area contributed by atoms with Crippen molar-refractivity contribution in [3.05, 3.63) is 16.5 Å². The largest absolute Gasteiger partial charge is 0.313 e. The molecule has 2 N–H and O–H groups in total. The number of hydrogen-bond donors (Lipinski definition) is 2. The van der Waals surface area contributed by atoms with Crippen LogP contribution in [-0.4, -0.2) is 27.5 Å². The molecule has 2 heterocycles. The van der Waals surface area contributed by atoms with E-state index in [1.54, 1.807) is 6.07 Å². The van der Waals surface area contributed by atoms with Crippen LogP contribution in [0.5, 0.6) is 0 Å². The monoisotopic (exact) mass is 288 g/mol. The first-order valence-corrected chi connectivity index (χ1v) is 8.59. The molecule has 1 fully saturated rings. The molecule has 0 amide bonds. The van der Waals surface area contributed by atoms with Gasteiger partial charge in [0.05, 0.1) is 0 Å². The Balaban J connectivity index is 1.98. The summed E-state index contributed by atoms with van der Waals surface area (Å²) in [4.78, 5) is 1.06. The van der Waals surface area contributed by atoms with Crippen LogP contribution >= 0.6 is 11.3 Å². The van der Waals surface area contributed by atoms with E-state index in [1.807, 2.05) is 13.8 Å². The third kappa shape index (κ3) is 3.32. The number of sulfonamides is 1. The lowest BCUT2D eigenvalue weighted by molar-refractivity contribution is 0.398. The lowest BCUT2D eigenvalue weighted by atomic mass is 10.1. The zero-order valence-corrected chi connectivity index (χ0v) is 12.5. The van der Waals surface area contributed by atoms with Crippen molar-refractivity contribution in [3.8, 4) is 0 Å². The fourth-order valence-corrected chi connectivity index (χ4v) is 4.69. The second kappa shape index (κ2) is 5.69. The van der Waals surface area contributed by atoms with Gasteiger partial charge in [-0.15, -0.1) is 11.3 Å². The van der Waals surface area contributed by atoms with Crippen LogP contribution in [-0.2, 0) is 10.0 Å². The molecule has 0 aliphatic carbocycles. The van der Waals surface area contributed by atoms with Crippen molar-refractivity contribution in [3.63, 3.8) is 0 Å². The van der Waals surface area contributed by atoms with Crippen molar-refractivity contribution in [2.75, 3.05) is 13.1 Å². The minimum Gasteiger partial charge on any atom is -0.313 e. The maximum atomic E-state index is 12.1. The molecule has 0 radical (unpaired) electrons. The summed E-state index contributed by atoms with van der Waals surface area (Å²) in [6.07, 6.45) is 3.41. The van der Waals surface area contributed by atoms with E-state index in [-0.39, 0.29) is 6.04 Å². The predicted octanol–water partition coefficient (Wildman–Crippen LogP) is 1.79. The van der Waals surface area contributed by atoms with Crippen LogP contribution in [0.15, 0.2) is 10.3 Å². The smallest absolute Gasteiger partial charge is 0.250 e. The third-order valence-electron chi connectivity index (χ3n) is 3.34. The number of rotatable bonds is 4.